The fourth-order valence-corrected chi connectivity index (χ4v) is 5.43. The van der Waals surface area contributed by atoms with Crippen molar-refractivity contribution >= 4 is 0 Å². The van der Waals surface area contributed by atoms with E-state index in [-0.39, 0.29) is 5.79 Å². The molecule has 0 aromatic heterocycles. The molecule has 0 aromatic rings. The molecule has 3 fully saturated rings. The van der Waals surface area contributed by atoms with Crippen LogP contribution in [0.3, 0.4) is 0 Å². The Bertz CT molecular complexity index is 383. The molecule has 20 heavy (non-hydrogen) atoms. The molecule has 0 N–H and O–H groups in total. The molecule has 0 aromatic carbocycles. The lowest BCUT2D eigenvalue weighted by Gasteiger charge is -2.49. The van der Waals surface area contributed by atoms with Crippen LogP contribution in [0.25, 0.3) is 0 Å². The summed E-state index contributed by atoms with van der Waals surface area (Å²) >= 11 is 0. The van der Waals surface area contributed by atoms with E-state index in [9.17, 15) is 0 Å². The minimum absolute atomic E-state index is 0.260. The highest BCUT2D eigenvalue weighted by Crippen LogP contribution is 2.63. The average Bonchev–Trinajstić information content (AvgIpc) is 3.02. The molecule has 2 heteroatoms. The van der Waals surface area contributed by atoms with Gasteiger partial charge in [0.1, 0.15) is 0 Å². The number of allylic oxidation sites excluding steroid dienone is 1. The average molecular weight is 278 g/mol. The Labute approximate surface area is 123 Å². The van der Waals surface area contributed by atoms with E-state index < -0.39 is 0 Å². The van der Waals surface area contributed by atoms with Gasteiger partial charge < -0.3 is 9.47 Å². The lowest BCUT2D eigenvalue weighted by atomic mass is 9.56. The van der Waals surface area contributed by atoms with E-state index in [1.165, 1.54) is 37.7 Å². The summed E-state index contributed by atoms with van der Waals surface area (Å²) in [4.78, 5) is 0. The summed E-state index contributed by atoms with van der Waals surface area (Å²) in [5.41, 5.74) is 1.79. The molecule has 0 radical (unpaired) electrons. The van der Waals surface area contributed by atoms with Crippen LogP contribution in [-0.2, 0) is 9.47 Å². The third-order valence-corrected chi connectivity index (χ3v) is 6.73. The molecule has 0 amide bonds. The lowest BCUT2D eigenvalue weighted by Crippen LogP contribution is -2.45. The number of rotatable bonds is 2. The minimum atomic E-state index is -0.260. The molecular formula is C18H30O2. The van der Waals surface area contributed by atoms with Crippen molar-refractivity contribution < 1.29 is 9.47 Å². The monoisotopic (exact) mass is 278 g/mol. The second kappa shape index (κ2) is 5.14. The van der Waals surface area contributed by atoms with Gasteiger partial charge in [-0.05, 0) is 49.9 Å². The highest BCUT2D eigenvalue weighted by molar-refractivity contribution is 5.10. The van der Waals surface area contributed by atoms with Gasteiger partial charge in [0.2, 0.25) is 0 Å². The van der Waals surface area contributed by atoms with Crippen LogP contribution in [0.5, 0.6) is 0 Å². The molecule has 1 saturated heterocycles. The van der Waals surface area contributed by atoms with Crippen molar-refractivity contribution in [2.24, 2.45) is 23.2 Å². The SMILES string of the molecule is C=C(C)[C@H]1CC[C@H](CC)[C@]2(CCC3(OCCO3)[C@@H]2C)C1. The van der Waals surface area contributed by atoms with Gasteiger partial charge in [-0.1, -0.05) is 32.4 Å². The van der Waals surface area contributed by atoms with Gasteiger partial charge in [-0.3, -0.25) is 0 Å². The zero-order chi connectivity index (χ0) is 14.4. The summed E-state index contributed by atoms with van der Waals surface area (Å²) in [7, 11) is 0. The molecule has 2 saturated carbocycles. The Morgan fingerprint density at radius 1 is 1.20 bits per heavy atom. The Kier molecular flexibility index (Phi) is 3.75. The van der Waals surface area contributed by atoms with Crippen LogP contribution in [-0.4, -0.2) is 19.0 Å². The summed E-state index contributed by atoms with van der Waals surface area (Å²) in [5, 5.41) is 0. The zero-order valence-corrected chi connectivity index (χ0v) is 13.4. The summed E-state index contributed by atoms with van der Waals surface area (Å²) < 4.78 is 12.2. The summed E-state index contributed by atoms with van der Waals surface area (Å²) in [6, 6.07) is 0. The van der Waals surface area contributed by atoms with Crippen LogP contribution < -0.4 is 0 Å². The fraction of sp³-hybridized carbons (Fsp3) is 0.889. The second-order valence-corrected chi connectivity index (χ2v) is 7.39. The smallest absolute Gasteiger partial charge is 0.171 e. The summed E-state index contributed by atoms with van der Waals surface area (Å²) in [6.45, 7) is 12.8. The first kappa shape index (κ1) is 14.6. The standard InChI is InChI=1S/C18H30O2/c1-5-16-7-6-15(13(2)3)12-17(16)8-9-18(14(17)4)19-10-11-20-18/h14-16H,2,5-12H2,1,3-4H3/t14-,15+,16+,17-/m1/s1. The van der Waals surface area contributed by atoms with Gasteiger partial charge in [0.25, 0.3) is 0 Å². The van der Waals surface area contributed by atoms with E-state index >= 15 is 0 Å². The molecule has 1 heterocycles. The minimum Gasteiger partial charge on any atom is -0.347 e. The van der Waals surface area contributed by atoms with Crippen molar-refractivity contribution in [3.63, 3.8) is 0 Å². The Balaban J connectivity index is 1.89. The fourth-order valence-electron chi connectivity index (χ4n) is 5.43. The first-order valence-corrected chi connectivity index (χ1v) is 8.47. The number of hydrogen-bond donors (Lipinski definition) is 0. The van der Waals surface area contributed by atoms with Crippen LogP contribution in [0.1, 0.15) is 59.3 Å². The predicted octanol–water partition coefficient (Wildman–Crippen LogP) is 4.55. The van der Waals surface area contributed by atoms with Crippen molar-refractivity contribution in [3.05, 3.63) is 12.2 Å². The Hall–Kier alpha value is -0.340. The molecule has 2 spiro atoms. The lowest BCUT2D eigenvalue weighted by molar-refractivity contribution is -0.197. The van der Waals surface area contributed by atoms with Crippen LogP contribution in [0.2, 0.25) is 0 Å². The predicted molar refractivity (Wildman–Crippen MR) is 81.4 cm³/mol. The van der Waals surface area contributed by atoms with E-state index in [0.717, 1.165) is 25.6 Å². The van der Waals surface area contributed by atoms with Crippen molar-refractivity contribution in [3.8, 4) is 0 Å². The Morgan fingerprint density at radius 3 is 2.50 bits per heavy atom. The van der Waals surface area contributed by atoms with Gasteiger partial charge in [-0.15, -0.1) is 0 Å². The van der Waals surface area contributed by atoms with E-state index in [1.807, 2.05) is 0 Å². The molecule has 1 aliphatic heterocycles. The third-order valence-electron chi connectivity index (χ3n) is 6.73. The first-order valence-electron chi connectivity index (χ1n) is 8.47. The molecule has 4 atom stereocenters. The molecule has 2 aliphatic carbocycles. The maximum absolute atomic E-state index is 6.09. The molecule has 114 valence electrons. The quantitative estimate of drug-likeness (QED) is 0.690. The van der Waals surface area contributed by atoms with Crippen molar-refractivity contribution in [1.82, 2.24) is 0 Å². The van der Waals surface area contributed by atoms with Crippen LogP contribution in [0.4, 0.5) is 0 Å². The second-order valence-electron chi connectivity index (χ2n) is 7.39. The summed E-state index contributed by atoms with van der Waals surface area (Å²) in [5.74, 6) is 1.80. The zero-order valence-electron chi connectivity index (χ0n) is 13.4. The number of ether oxygens (including phenoxy) is 2. The van der Waals surface area contributed by atoms with E-state index in [2.05, 4.69) is 27.4 Å². The van der Waals surface area contributed by atoms with E-state index in [4.69, 9.17) is 9.47 Å². The number of hydrogen-bond acceptors (Lipinski definition) is 2. The van der Waals surface area contributed by atoms with Crippen LogP contribution in [0.15, 0.2) is 12.2 Å². The Morgan fingerprint density at radius 2 is 1.90 bits per heavy atom. The van der Waals surface area contributed by atoms with E-state index in [1.54, 1.807) is 0 Å². The third kappa shape index (κ3) is 1.99. The highest BCUT2D eigenvalue weighted by Gasteiger charge is 2.61. The molecule has 3 rings (SSSR count). The topological polar surface area (TPSA) is 18.5 Å². The maximum atomic E-state index is 6.09. The molecular weight excluding hydrogens is 248 g/mol. The van der Waals surface area contributed by atoms with Crippen molar-refractivity contribution in [2.45, 2.75) is 65.1 Å². The maximum Gasteiger partial charge on any atom is 0.171 e. The molecule has 2 nitrogen and oxygen atoms in total. The van der Waals surface area contributed by atoms with Crippen molar-refractivity contribution in [2.75, 3.05) is 13.2 Å². The van der Waals surface area contributed by atoms with Crippen LogP contribution in [0, 0.1) is 23.2 Å². The van der Waals surface area contributed by atoms with Crippen LogP contribution >= 0.6 is 0 Å². The van der Waals surface area contributed by atoms with Gasteiger partial charge in [-0.2, -0.15) is 0 Å². The normalized spacial score (nSPS) is 43.5. The highest BCUT2D eigenvalue weighted by atomic mass is 16.7. The van der Waals surface area contributed by atoms with Crippen molar-refractivity contribution in [1.29, 1.82) is 0 Å². The van der Waals surface area contributed by atoms with Gasteiger partial charge in [0.05, 0.1) is 13.2 Å². The van der Waals surface area contributed by atoms with Gasteiger partial charge in [-0.25, -0.2) is 0 Å². The van der Waals surface area contributed by atoms with E-state index in [0.29, 0.717) is 17.3 Å². The largest absolute Gasteiger partial charge is 0.347 e. The summed E-state index contributed by atoms with van der Waals surface area (Å²) in [6.07, 6.45) is 7.65. The molecule has 3 aliphatic rings. The molecule has 0 unspecified atom stereocenters. The molecule has 0 bridgehead atoms. The van der Waals surface area contributed by atoms with Gasteiger partial charge in [0, 0.05) is 12.3 Å². The van der Waals surface area contributed by atoms with Gasteiger partial charge in [0.15, 0.2) is 5.79 Å². The van der Waals surface area contributed by atoms with Gasteiger partial charge >= 0.3 is 0 Å². The first-order chi connectivity index (χ1) is 9.54.